The molecule has 8 aromatic rings. The largest absolute Gasteiger partial charge is 0.340 e. The van der Waals surface area contributed by atoms with Gasteiger partial charge in [0.1, 0.15) is 0 Å². The Bertz CT molecular complexity index is 5100. The zero-order chi connectivity index (χ0) is 81.5. The molecule has 588 valence electrons. The molecule has 0 saturated carbocycles. The van der Waals surface area contributed by atoms with E-state index < -0.39 is 49.6 Å². The van der Waals surface area contributed by atoms with Gasteiger partial charge in [-0.3, -0.25) is 19.2 Å². The van der Waals surface area contributed by atoms with Gasteiger partial charge in [-0.25, -0.2) is 42.1 Å². The van der Waals surface area contributed by atoms with Crippen LogP contribution in [-0.2, 0) is 81.6 Å². The van der Waals surface area contributed by atoms with Gasteiger partial charge in [-0.1, -0.05) is 181 Å². The summed E-state index contributed by atoms with van der Waals surface area (Å²) in [4.78, 5) is 51.8. The van der Waals surface area contributed by atoms with Gasteiger partial charge in [0, 0.05) is 77.3 Å². The van der Waals surface area contributed by atoms with E-state index in [-0.39, 0.29) is 77.4 Å². The monoisotopic (exact) mass is 1590 g/mol. The van der Waals surface area contributed by atoms with Crippen LogP contribution in [-0.4, -0.2) is 143 Å². The molecule has 0 atom stereocenters. The number of likely N-dealkylation sites (N-methyl/N-ethyl adjacent to an activating group) is 1. The molecule has 0 aromatic heterocycles. The predicted octanol–water partition coefficient (Wildman–Crippen LogP) is 15.4. The van der Waals surface area contributed by atoms with E-state index in [1.807, 2.05) is 90.2 Å². The number of hydrogen-bond acceptors (Lipinski definition) is 15. The first kappa shape index (κ1) is 89.8. The zero-order valence-electron chi connectivity index (χ0n) is 65.0. The Hall–Kier alpha value is -9.11. The highest BCUT2D eigenvalue weighted by Gasteiger charge is 2.31. The van der Waals surface area contributed by atoms with Crippen LogP contribution in [0.15, 0.2) is 271 Å². The summed E-state index contributed by atoms with van der Waals surface area (Å²) in [5.74, 6) is 1.03. The minimum Gasteiger partial charge on any atom is -0.340 e. The minimum atomic E-state index is -3.60. The maximum Gasteiger partial charge on any atom is 0.247 e. The quantitative estimate of drug-likeness (QED) is 0.0551. The van der Waals surface area contributed by atoms with Crippen molar-refractivity contribution in [3.05, 3.63) is 271 Å². The average molecular weight is 1590 g/mol. The third kappa shape index (κ3) is 24.9. The Morgan fingerprint density at radius 3 is 1.00 bits per heavy atom. The van der Waals surface area contributed by atoms with E-state index >= 15 is 0 Å². The molecule has 2 amide bonds. The summed E-state index contributed by atoms with van der Waals surface area (Å²) in [6, 6.07) is 54.3. The van der Waals surface area contributed by atoms with Crippen LogP contribution >= 0.6 is 0 Å². The number of anilines is 1. The van der Waals surface area contributed by atoms with Crippen molar-refractivity contribution in [2.75, 3.05) is 64.7 Å². The lowest BCUT2D eigenvalue weighted by atomic mass is 10.0. The van der Waals surface area contributed by atoms with Crippen molar-refractivity contribution in [2.45, 2.75) is 164 Å². The maximum atomic E-state index is 12.8. The first-order chi connectivity index (χ1) is 51.8. The molecule has 24 heteroatoms. The van der Waals surface area contributed by atoms with Gasteiger partial charge in [0.05, 0.1) is 39.2 Å². The molecule has 0 radical (unpaired) electrons. The summed E-state index contributed by atoms with van der Waals surface area (Å²) in [5.41, 5.74) is 7.08. The van der Waals surface area contributed by atoms with Gasteiger partial charge in [-0.05, 0) is 203 Å². The molecule has 0 bridgehead atoms. The van der Waals surface area contributed by atoms with Crippen molar-refractivity contribution in [3.8, 4) is 0 Å². The molecular formula is C86H105N5O14S5. The smallest absolute Gasteiger partial charge is 0.247 e. The fourth-order valence-electron chi connectivity index (χ4n) is 11.4. The lowest BCUT2D eigenvalue weighted by Crippen LogP contribution is -2.50. The number of carbonyl (C=O) groups is 4. The van der Waals surface area contributed by atoms with E-state index in [4.69, 9.17) is 0 Å². The minimum absolute atomic E-state index is 0.0823. The number of sulfone groups is 3. The van der Waals surface area contributed by atoms with Crippen LogP contribution in [0.25, 0.3) is 0 Å². The van der Waals surface area contributed by atoms with Crippen molar-refractivity contribution < 1.29 is 61.3 Å². The number of ketones is 2. The van der Waals surface area contributed by atoms with Crippen LogP contribution in [0.3, 0.4) is 0 Å². The summed E-state index contributed by atoms with van der Waals surface area (Å²) >= 11 is 0. The SMILES string of the molecule is C=CC(=O)Cc1cccc(S(=O)(=O)c2ccc(C(C)C)cc2)c1.C=CC(=O)Cc1cccc(S(=O)(=O)c2cccc(C(C)C)c2)c1.C=CC(=O)Nc1ccc(S(=O)(=O)c2ccc(C(C)C)cc2)cc1.CC(C)c1cccc(S(=O)(=O)N2CCN(C)CC2)c1.CCC(=O)N1CCN(S(=O)(=O)c2cccc(C(C)C)c2)CC1. The molecule has 1 N–H and O–H groups in total. The van der Waals surface area contributed by atoms with Gasteiger partial charge in [0.2, 0.25) is 61.4 Å². The highest BCUT2D eigenvalue weighted by Crippen LogP contribution is 2.30. The van der Waals surface area contributed by atoms with Crippen LogP contribution < -0.4 is 5.32 Å². The first-order valence-electron chi connectivity index (χ1n) is 36.5. The number of amides is 2. The van der Waals surface area contributed by atoms with E-state index in [0.717, 1.165) is 47.0 Å². The zero-order valence-corrected chi connectivity index (χ0v) is 69.1. The van der Waals surface area contributed by atoms with E-state index in [0.29, 0.717) is 90.0 Å². The van der Waals surface area contributed by atoms with Gasteiger partial charge < -0.3 is 15.1 Å². The van der Waals surface area contributed by atoms with Gasteiger partial charge in [0.25, 0.3) is 0 Å². The van der Waals surface area contributed by atoms with Gasteiger partial charge >= 0.3 is 0 Å². The van der Waals surface area contributed by atoms with Crippen LogP contribution in [0.2, 0.25) is 0 Å². The molecule has 0 spiro atoms. The second-order valence-corrected chi connectivity index (χ2v) is 37.9. The highest BCUT2D eigenvalue weighted by molar-refractivity contribution is 7.92. The normalized spacial score (nSPS) is 13.8. The van der Waals surface area contributed by atoms with Crippen LogP contribution in [0.5, 0.6) is 0 Å². The second kappa shape index (κ2) is 40.7. The van der Waals surface area contributed by atoms with Crippen molar-refractivity contribution in [3.63, 3.8) is 0 Å². The van der Waals surface area contributed by atoms with E-state index in [2.05, 4.69) is 71.5 Å². The summed E-state index contributed by atoms with van der Waals surface area (Å²) in [6.07, 6.45) is 4.40. The van der Waals surface area contributed by atoms with Crippen LogP contribution in [0.4, 0.5) is 5.69 Å². The maximum absolute atomic E-state index is 12.8. The Labute approximate surface area is 653 Å². The number of hydrogen-bond donors (Lipinski definition) is 1. The summed E-state index contributed by atoms with van der Waals surface area (Å²) < 4.78 is 130. The highest BCUT2D eigenvalue weighted by atomic mass is 32.2. The van der Waals surface area contributed by atoms with Gasteiger partial charge in [0.15, 0.2) is 11.6 Å². The molecule has 2 fully saturated rings. The fraction of sp³-hybridized carbons (Fsp3) is 0.326. The predicted molar refractivity (Wildman–Crippen MR) is 437 cm³/mol. The lowest BCUT2D eigenvalue weighted by Gasteiger charge is -2.34. The number of sulfonamides is 2. The Kier molecular flexibility index (Phi) is 33.2. The molecule has 0 unspecified atom stereocenters. The summed E-state index contributed by atoms with van der Waals surface area (Å²) in [6.45, 7) is 36.9. The third-order valence-electron chi connectivity index (χ3n) is 18.5. The number of piperazine rings is 2. The molecule has 8 aromatic carbocycles. The molecule has 2 saturated heterocycles. The Morgan fingerprint density at radius 1 is 0.364 bits per heavy atom. The second-order valence-electron chi connectivity index (χ2n) is 28.2. The number of carbonyl (C=O) groups excluding carboxylic acids is 4. The van der Waals surface area contributed by atoms with Crippen molar-refractivity contribution in [2.24, 2.45) is 0 Å². The topological polar surface area (TPSA) is 264 Å². The number of nitrogens with one attached hydrogen (secondary N) is 1. The Balaban J connectivity index is 0.000000215. The van der Waals surface area contributed by atoms with Gasteiger partial charge in [-0.15, -0.1) is 0 Å². The number of allylic oxidation sites excluding steroid dienone is 2. The van der Waals surface area contributed by atoms with Crippen LogP contribution in [0, 0.1) is 0 Å². The average Bonchev–Trinajstić information content (AvgIpc) is 0.818. The molecule has 19 nitrogen and oxygen atoms in total. The molecule has 2 heterocycles. The molecule has 2 aliphatic rings. The van der Waals surface area contributed by atoms with E-state index in [9.17, 15) is 61.3 Å². The summed E-state index contributed by atoms with van der Waals surface area (Å²) in [5, 5.41) is 2.58. The standard InChI is InChI=1S/2C19H20O3S.C18H19NO3S.C16H24N2O3S.C14H22N2O2S/c1-4-17(20)11-15-7-5-9-18(12-15)23(21,22)19-10-6-8-16(13-19)14(2)3;1-4-17(20)12-15-6-5-7-19(13-15)23(21,22)18-10-8-16(9-11-18)14(2)3;1-4-18(20)19-15-7-11-17(12-8-15)23(21,22)16-9-5-14(6-10-16)13(2)3;1-4-16(19)17-8-10-18(11-9-17)22(20,21)15-7-5-6-14(12-15)13(2)3;1-12(2)13-5-4-6-14(11-13)19(17,18)16-9-7-15(3)8-10-16/h4-10,12-14H,1,11H2,2-3H3;4-11,13-14H,1,12H2,2-3H3;4-13H,1H2,2-3H3,(H,19,20);5-7,12-13H,4,8-11H2,1-3H3;4-6,11-12H,7-10H2,1-3H3. The molecule has 2 aliphatic heterocycles. The van der Waals surface area contributed by atoms with Crippen molar-refractivity contribution >= 4 is 78.6 Å². The molecule has 10 rings (SSSR count). The fourth-order valence-corrected chi connectivity index (χ4v) is 18.3. The van der Waals surface area contributed by atoms with Crippen LogP contribution in [0.1, 0.15) is 151 Å². The summed E-state index contributed by atoms with van der Waals surface area (Å²) in [7, 11) is -15.5. The van der Waals surface area contributed by atoms with E-state index in [1.165, 1.54) is 28.6 Å². The van der Waals surface area contributed by atoms with Crippen molar-refractivity contribution in [1.29, 1.82) is 0 Å². The molecule has 0 aliphatic carbocycles. The third-order valence-corrected chi connectivity index (χ3v) is 27.6. The molecule has 110 heavy (non-hydrogen) atoms. The van der Waals surface area contributed by atoms with Crippen molar-refractivity contribution in [1.82, 2.24) is 18.4 Å². The number of nitrogens with zero attached hydrogens (tertiary/aromatic N) is 4. The Morgan fingerprint density at radius 2 is 0.664 bits per heavy atom. The first-order valence-corrected chi connectivity index (χ1v) is 43.9. The number of benzene rings is 8. The molecular weight excluding hydrogens is 1490 g/mol. The van der Waals surface area contributed by atoms with Gasteiger partial charge in [-0.2, -0.15) is 8.61 Å². The lowest BCUT2D eigenvalue weighted by molar-refractivity contribution is -0.132. The van der Waals surface area contributed by atoms with E-state index in [1.54, 1.807) is 143 Å². The number of rotatable bonds is 24.